The topological polar surface area (TPSA) is 84.2 Å². The van der Waals surface area contributed by atoms with Crippen molar-refractivity contribution >= 4 is 11.8 Å². The Hall–Kier alpha value is -2.32. The maximum atomic E-state index is 12.0. The van der Waals surface area contributed by atoms with Crippen molar-refractivity contribution in [1.29, 1.82) is 0 Å². The Labute approximate surface area is 118 Å². The van der Waals surface area contributed by atoms with E-state index in [0.29, 0.717) is 5.56 Å². The average Bonchev–Trinajstić information content (AvgIpc) is 2.45. The monoisotopic (exact) mass is 273 g/mol. The van der Waals surface area contributed by atoms with Crippen LogP contribution in [0.25, 0.3) is 0 Å². The number of carbonyl (C=O) groups is 2. The van der Waals surface area contributed by atoms with E-state index < -0.39 is 6.04 Å². The van der Waals surface area contributed by atoms with Crippen molar-refractivity contribution in [2.75, 3.05) is 13.6 Å². The van der Waals surface area contributed by atoms with E-state index in [1.54, 1.807) is 19.1 Å². The molecule has 0 radical (unpaired) electrons. The molecule has 0 spiro atoms. The van der Waals surface area contributed by atoms with Crippen molar-refractivity contribution in [1.82, 2.24) is 10.6 Å². The van der Waals surface area contributed by atoms with Gasteiger partial charge in [-0.25, -0.2) is 0 Å². The summed E-state index contributed by atoms with van der Waals surface area (Å²) in [7, 11) is 1.53. The van der Waals surface area contributed by atoms with Crippen molar-refractivity contribution in [3.8, 4) is 11.8 Å². The minimum Gasteiger partial charge on any atom is -0.357 e. The van der Waals surface area contributed by atoms with Crippen LogP contribution in [0.5, 0.6) is 0 Å². The number of hydrogen-bond donors (Lipinski definition) is 3. The van der Waals surface area contributed by atoms with Crippen LogP contribution < -0.4 is 16.4 Å². The number of likely N-dealkylation sites (N-methyl/N-ethyl adjacent to an activating group) is 1. The molecule has 1 unspecified atom stereocenters. The number of nitrogens with two attached hydrogens (primary N) is 1. The van der Waals surface area contributed by atoms with Gasteiger partial charge in [-0.3, -0.25) is 9.59 Å². The van der Waals surface area contributed by atoms with Gasteiger partial charge in [0.05, 0.1) is 6.54 Å². The number of aryl methyl sites for hydroxylation is 1. The molecule has 0 heterocycles. The molecule has 5 nitrogen and oxygen atoms in total. The standard InChI is InChI=1S/C15H19N3O2/c1-10-6-7-13(9-12(10)5-4-8-16)15(20)18-11(2)14(19)17-3/h6-7,9,11H,8,16H2,1-3H3,(H,17,19)(H,18,20). The van der Waals surface area contributed by atoms with Crippen molar-refractivity contribution in [2.45, 2.75) is 19.9 Å². The molecule has 106 valence electrons. The molecule has 1 atom stereocenters. The number of carbonyl (C=O) groups excluding carboxylic acids is 2. The Bertz CT molecular complexity index is 570. The van der Waals surface area contributed by atoms with Crippen LogP contribution in [0.15, 0.2) is 18.2 Å². The number of rotatable bonds is 3. The van der Waals surface area contributed by atoms with E-state index in [2.05, 4.69) is 22.5 Å². The summed E-state index contributed by atoms with van der Waals surface area (Å²) in [5, 5.41) is 5.11. The van der Waals surface area contributed by atoms with E-state index in [-0.39, 0.29) is 18.4 Å². The largest absolute Gasteiger partial charge is 0.357 e. The lowest BCUT2D eigenvalue weighted by Crippen LogP contribution is -2.43. The zero-order valence-electron chi connectivity index (χ0n) is 11.9. The molecule has 1 rings (SSSR count). The van der Waals surface area contributed by atoms with Crippen LogP contribution in [0.2, 0.25) is 0 Å². The second-order valence-electron chi connectivity index (χ2n) is 4.35. The lowest BCUT2D eigenvalue weighted by atomic mass is 10.0. The van der Waals surface area contributed by atoms with Gasteiger partial charge in [0.1, 0.15) is 6.04 Å². The van der Waals surface area contributed by atoms with Crippen molar-refractivity contribution < 1.29 is 9.59 Å². The Balaban J connectivity index is 2.91. The molecule has 0 aliphatic rings. The highest BCUT2D eigenvalue weighted by atomic mass is 16.2. The molecule has 0 saturated heterocycles. The first kappa shape index (κ1) is 15.7. The maximum Gasteiger partial charge on any atom is 0.251 e. The molecule has 0 aliphatic heterocycles. The summed E-state index contributed by atoms with van der Waals surface area (Å²) in [5.41, 5.74) is 7.54. The summed E-state index contributed by atoms with van der Waals surface area (Å²) < 4.78 is 0. The highest BCUT2D eigenvalue weighted by Crippen LogP contribution is 2.10. The summed E-state index contributed by atoms with van der Waals surface area (Å²) in [6, 6.07) is 4.63. The van der Waals surface area contributed by atoms with Crippen LogP contribution in [0.4, 0.5) is 0 Å². The van der Waals surface area contributed by atoms with Gasteiger partial charge in [-0.05, 0) is 31.5 Å². The van der Waals surface area contributed by atoms with Gasteiger partial charge in [0.15, 0.2) is 0 Å². The van der Waals surface area contributed by atoms with Gasteiger partial charge in [-0.2, -0.15) is 0 Å². The summed E-state index contributed by atoms with van der Waals surface area (Å²) in [6.45, 7) is 3.80. The van der Waals surface area contributed by atoms with Gasteiger partial charge >= 0.3 is 0 Å². The van der Waals surface area contributed by atoms with Crippen molar-refractivity contribution in [3.63, 3.8) is 0 Å². The Morgan fingerprint density at radius 3 is 2.70 bits per heavy atom. The molecule has 0 bridgehead atoms. The molecular weight excluding hydrogens is 254 g/mol. The van der Waals surface area contributed by atoms with E-state index in [4.69, 9.17) is 5.73 Å². The van der Waals surface area contributed by atoms with Crippen LogP contribution >= 0.6 is 0 Å². The van der Waals surface area contributed by atoms with Crippen molar-refractivity contribution in [3.05, 3.63) is 34.9 Å². The predicted molar refractivity (Wildman–Crippen MR) is 78.1 cm³/mol. The van der Waals surface area contributed by atoms with E-state index in [0.717, 1.165) is 11.1 Å². The van der Waals surface area contributed by atoms with E-state index in [9.17, 15) is 9.59 Å². The van der Waals surface area contributed by atoms with Crippen LogP contribution in [-0.2, 0) is 4.79 Å². The number of nitrogens with one attached hydrogen (secondary N) is 2. The zero-order chi connectivity index (χ0) is 15.1. The summed E-state index contributed by atoms with van der Waals surface area (Å²) in [4.78, 5) is 23.4. The first-order chi connectivity index (χ1) is 9.49. The zero-order valence-corrected chi connectivity index (χ0v) is 11.9. The summed E-state index contributed by atoms with van der Waals surface area (Å²) in [6.07, 6.45) is 0. The maximum absolute atomic E-state index is 12.0. The summed E-state index contributed by atoms with van der Waals surface area (Å²) in [5.74, 6) is 5.13. The molecule has 5 heteroatoms. The lowest BCUT2D eigenvalue weighted by molar-refractivity contribution is -0.122. The third kappa shape index (κ3) is 4.11. The number of amides is 2. The number of hydrogen-bond acceptors (Lipinski definition) is 3. The molecular formula is C15H19N3O2. The Kier molecular flexibility index (Phi) is 5.75. The molecule has 0 aromatic heterocycles. The second-order valence-corrected chi connectivity index (χ2v) is 4.35. The van der Waals surface area contributed by atoms with Crippen LogP contribution in [0.1, 0.15) is 28.4 Å². The minimum absolute atomic E-state index is 0.242. The molecule has 4 N–H and O–H groups in total. The van der Waals surface area contributed by atoms with Gasteiger partial charge in [-0.15, -0.1) is 0 Å². The van der Waals surface area contributed by atoms with E-state index in [1.807, 2.05) is 13.0 Å². The fourth-order valence-electron chi connectivity index (χ4n) is 1.61. The highest BCUT2D eigenvalue weighted by molar-refractivity contribution is 5.97. The van der Waals surface area contributed by atoms with Crippen molar-refractivity contribution in [2.24, 2.45) is 5.73 Å². The van der Waals surface area contributed by atoms with Crippen LogP contribution in [-0.4, -0.2) is 31.4 Å². The van der Waals surface area contributed by atoms with E-state index in [1.165, 1.54) is 7.05 Å². The predicted octanol–water partition coefficient (Wildman–Crippen LogP) is 0.170. The second kappa shape index (κ2) is 7.31. The fraction of sp³-hybridized carbons (Fsp3) is 0.333. The lowest BCUT2D eigenvalue weighted by Gasteiger charge is -2.12. The van der Waals surface area contributed by atoms with Crippen LogP contribution in [0, 0.1) is 18.8 Å². The van der Waals surface area contributed by atoms with Gasteiger partial charge in [0.25, 0.3) is 5.91 Å². The molecule has 20 heavy (non-hydrogen) atoms. The summed E-state index contributed by atoms with van der Waals surface area (Å²) >= 11 is 0. The first-order valence-corrected chi connectivity index (χ1v) is 6.31. The van der Waals surface area contributed by atoms with Gasteiger partial charge in [-0.1, -0.05) is 17.9 Å². The van der Waals surface area contributed by atoms with Crippen LogP contribution in [0.3, 0.4) is 0 Å². The smallest absolute Gasteiger partial charge is 0.251 e. The molecule has 0 saturated carbocycles. The normalized spacial score (nSPS) is 11.0. The average molecular weight is 273 g/mol. The quantitative estimate of drug-likeness (QED) is 0.686. The van der Waals surface area contributed by atoms with Gasteiger partial charge in [0.2, 0.25) is 5.91 Å². The highest BCUT2D eigenvalue weighted by Gasteiger charge is 2.15. The SMILES string of the molecule is CNC(=O)C(C)NC(=O)c1ccc(C)c(C#CCN)c1. The number of benzene rings is 1. The van der Waals surface area contributed by atoms with Gasteiger partial charge in [0, 0.05) is 18.2 Å². The Morgan fingerprint density at radius 1 is 1.40 bits per heavy atom. The minimum atomic E-state index is -0.590. The molecule has 2 amide bonds. The first-order valence-electron chi connectivity index (χ1n) is 6.31. The molecule has 0 aliphatic carbocycles. The van der Waals surface area contributed by atoms with Gasteiger partial charge < -0.3 is 16.4 Å². The van der Waals surface area contributed by atoms with E-state index >= 15 is 0 Å². The third-order valence-electron chi connectivity index (χ3n) is 2.81. The Morgan fingerprint density at radius 2 is 2.10 bits per heavy atom. The molecule has 1 aromatic carbocycles. The fourth-order valence-corrected chi connectivity index (χ4v) is 1.61. The molecule has 1 aromatic rings. The third-order valence-corrected chi connectivity index (χ3v) is 2.81. The molecule has 0 fully saturated rings.